The maximum Gasteiger partial charge on any atom is 0.420 e. The summed E-state index contributed by atoms with van der Waals surface area (Å²) in [6.07, 6.45) is 3.60. The SMILES string of the molecule is COc1ccc(C(=O)Cn2c(=O)oc3cc(S(=O)(=O)N4CCCCCC4)ccc32)cc1F. The van der Waals surface area contributed by atoms with E-state index < -0.39 is 27.4 Å². The van der Waals surface area contributed by atoms with Gasteiger partial charge in [0.2, 0.25) is 10.0 Å². The molecule has 170 valence electrons. The number of Topliss-reactive ketones (excluding diaryl/α,β-unsaturated/α-hetero) is 1. The lowest BCUT2D eigenvalue weighted by atomic mass is 10.1. The summed E-state index contributed by atoms with van der Waals surface area (Å²) in [4.78, 5) is 25.0. The molecule has 0 aliphatic carbocycles. The van der Waals surface area contributed by atoms with Gasteiger partial charge < -0.3 is 9.15 Å². The first kappa shape index (κ1) is 22.2. The summed E-state index contributed by atoms with van der Waals surface area (Å²) in [7, 11) is -2.40. The van der Waals surface area contributed by atoms with Crippen LogP contribution in [0.3, 0.4) is 0 Å². The predicted octanol–water partition coefficient (Wildman–Crippen LogP) is 3.19. The molecule has 0 radical (unpaired) electrons. The van der Waals surface area contributed by atoms with E-state index in [4.69, 9.17) is 9.15 Å². The lowest BCUT2D eigenvalue weighted by Gasteiger charge is -2.19. The fourth-order valence-corrected chi connectivity index (χ4v) is 5.40. The topological polar surface area (TPSA) is 98.8 Å². The summed E-state index contributed by atoms with van der Waals surface area (Å²) >= 11 is 0. The van der Waals surface area contributed by atoms with Crippen LogP contribution in [0.2, 0.25) is 0 Å². The van der Waals surface area contributed by atoms with Crippen molar-refractivity contribution in [2.24, 2.45) is 0 Å². The highest BCUT2D eigenvalue weighted by molar-refractivity contribution is 7.89. The number of aromatic nitrogens is 1. The Kier molecular flexibility index (Phi) is 6.16. The number of benzene rings is 2. The smallest absolute Gasteiger partial charge is 0.420 e. The van der Waals surface area contributed by atoms with Crippen LogP contribution in [-0.2, 0) is 16.6 Å². The van der Waals surface area contributed by atoms with Crippen molar-refractivity contribution in [1.82, 2.24) is 8.87 Å². The highest BCUT2D eigenvalue weighted by Gasteiger charge is 2.26. The third kappa shape index (κ3) is 4.20. The van der Waals surface area contributed by atoms with Crippen molar-refractivity contribution >= 4 is 26.9 Å². The van der Waals surface area contributed by atoms with Gasteiger partial charge in [-0.25, -0.2) is 17.6 Å². The van der Waals surface area contributed by atoms with Crippen molar-refractivity contribution in [1.29, 1.82) is 0 Å². The third-order valence-corrected chi connectivity index (χ3v) is 7.51. The standard InChI is InChI=1S/C22H23FN2O6S/c1-30-20-9-6-15(12-17(20)23)19(26)14-25-18-8-7-16(13-21(18)31-22(25)27)32(28,29)24-10-4-2-3-5-11-24/h6-9,12-13H,2-5,10-11,14H2,1H3. The van der Waals surface area contributed by atoms with Crippen molar-refractivity contribution < 1.29 is 26.8 Å². The Bertz CT molecular complexity index is 1320. The first-order valence-corrected chi connectivity index (χ1v) is 11.8. The average Bonchev–Trinajstić information content (AvgIpc) is 2.95. The largest absolute Gasteiger partial charge is 0.494 e. The first-order chi connectivity index (χ1) is 15.3. The van der Waals surface area contributed by atoms with Gasteiger partial charge in [-0.1, -0.05) is 12.8 Å². The fraction of sp³-hybridized carbons (Fsp3) is 0.364. The molecule has 0 spiro atoms. The number of nitrogens with zero attached hydrogens (tertiary/aromatic N) is 2. The van der Waals surface area contributed by atoms with Crippen molar-refractivity contribution in [3.8, 4) is 5.75 Å². The number of methoxy groups -OCH3 is 1. The minimum Gasteiger partial charge on any atom is -0.494 e. The van der Waals surface area contributed by atoms with Crippen molar-refractivity contribution in [2.75, 3.05) is 20.2 Å². The monoisotopic (exact) mass is 462 g/mol. The van der Waals surface area contributed by atoms with Gasteiger partial charge in [-0.2, -0.15) is 4.31 Å². The molecule has 2 heterocycles. The Morgan fingerprint density at radius 2 is 1.81 bits per heavy atom. The number of hydrogen-bond donors (Lipinski definition) is 0. The molecule has 4 rings (SSSR count). The fourth-order valence-electron chi connectivity index (χ4n) is 3.86. The van der Waals surface area contributed by atoms with Crippen molar-refractivity contribution in [2.45, 2.75) is 37.1 Å². The molecule has 10 heteroatoms. The van der Waals surface area contributed by atoms with Gasteiger partial charge in [0.15, 0.2) is 22.9 Å². The Morgan fingerprint density at radius 3 is 2.47 bits per heavy atom. The zero-order chi connectivity index (χ0) is 22.9. The van der Waals surface area contributed by atoms with Crippen LogP contribution in [0.1, 0.15) is 36.0 Å². The highest BCUT2D eigenvalue weighted by atomic mass is 32.2. The molecule has 1 aliphatic rings. The lowest BCUT2D eigenvalue weighted by Crippen LogP contribution is -2.31. The van der Waals surface area contributed by atoms with Crippen LogP contribution < -0.4 is 10.5 Å². The lowest BCUT2D eigenvalue weighted by molar-refractivity contribution is 0.0970. The summed E-state index contributed by atoms with van der Waals surface area (Å²) < 4.78 is 52.6. The first-order valence-electron chi connectivity index (χ1n) is 10.3. The number of rotatable bonds is 6. The van der Waals surface area contributed by atoms with Crippen LogP contribution in [0.4, 0.5) is 4.39 Å². The summed E-state index contributed by atoms with van der Waals surface area (Å²) in [5, 5.41) is 0. The highest BCUT2D eigenvalue weighted by Crippen LogP contribution is 2.24. The molecule has 0 saturated carbocycles. The number of hydrogen-bond acceptors (Lipinski definition) is 6. The minimum atomic E-state index is -3.72. The number of sulfonamides is 1. The maximum atomic E-state index is 13.9. The second-order valence-electron chi connectivity index (χ2n) is 7.67. The molecular weight excluding hydrogens is 439 g/mol. The molecule has 32 heavy (non-hydrogen) atoms. The number of ketones is 1. The molecule has 3 aromatic rings. The van der Waals surface area contributed by atoms with E-state index in [-0.39, 0.29) is 33.9 Å². The van der Waals surface area contributed by atoms with E-state index in [1.165, 1.54) is 41.7 Å². The van der Waals surface area contributed by atoms with E-state index in [2.05, 4.69) is 0 Å². The number of carbonyl (C=O) groups is 1. The van der Waals surface area contributed by atoms with Crippen molar-refractivity contribution in [3.05, 3.63) is 58.3 Å². The number of carbonyl (C=O) groups excluding carboxylic acids is 1. The molecule has 0 bridgehead atoms. The van der Waals surface area contributed by atoms with E-state index in [1.54, 1.807) is 0 Å². The molecular formula is C22H23FN2O6S. The molecule has 1 aliphatic heterocycles. The van der Waals surface area contributed by atoms with E-state index in [9.17, 15) is 22.4 Å². The number of ether oxygens (including phenoxy) is 1. The van der Waals surface area contributed by atoms with Gasteiger partial charge in [0.05, 0.1) is 24.1 Å². The Hall–Kier alpha value is -2.98. The molecule has 0 atom stereocenters. The normalized spacial score (nSPS) is 15.6. The van der Waals surface area contributed by atoms with Crippen LogP contribution in [0.5, 0.6) is 5.75 Å². The van der Waals surface area contributed by atoms with Gasteiger partial charge in [-0.15, -0.1) is 0 Å². The van der Waals surface area contributed by atoms with Crippen LogP contribution in [0.25, 0.3) is 11.1 Å². The molecule has 1 fully saturated rings. The summed E-state index contributed by atoms with van der Waals surface area (Å²) in [5.74, 6) is -1.99. The molecule has 0 N–H and O–H groups in total. The zero-order valence-electron chi connectivity index (χ0n) is 17.5. The Balaban J connectivity index is 1.63. The van der Waals surface area contributed by atoms with E-state index in [0.29, 0.717) is 13.1 Å². The zero-order valence-corrected chi connectivity index (χ0v) is 18.4. The molecule has 1 saturated heterocycles. The molecule has 0 amide bonds. The summed E-state index contributed by atoms with van der Waals surface area (Å²) in [5.41, 5.74) is 0.427. The van der Waals surface area contributed by atoms with Crippen molar-refractivity contribution in [3.63, 3.8) is 0 Å². The molecule has 0 unspecified atom stereocenters. The van der Waals surface area contributed by atoms with Crippen LogP contribution in [0.15, 0.2) is 50.5 Å². The van der Waals surface area contributed by atoms with Crippen LogP contribution in [0, 0.1) is 5.82 Å². The molecule has 1 aromatic heterocycles. The van der Waals surface area contributed by atoms with Gasteiger partial charge in [-0.05, 0) is 43.2 Å². The third-order valence-electron chi connectivity index (χ3n) is 5.62. The Labute approximate surface area is 184 Å². The molecule has 8 nitrogen and oxygen atoms in total. The number of fused-ring (bicyclic) bond motifs is 1. The maximum absolute atomic E-state index is 13.9. The second-order valence-corrected chi connectivity index (χ2v) is 9.61. The van der Waals surface area contributed by atoms with Crippen LogP contribution >= 0.6 is 0 Å². The van der Waals surface area contributed by atoms with Gasteiger partial charge in [-0.3, -0.25) is 9.36 Å². The minimum absolute atomic E-state index is 0.00521. The summed E-state index contributed by atoms with van der Waals surface area (Å²) in [6.45, 7) is 0.534. The van der Waals surface area contributed by atoms with E-state index in [0.717, 1.165) is 36.3 Å². The van der Waals surface area contributed by atoms with E-state index in [1.807, 2.05) is 0 Å². The average molecular weight is 462 g/mol. The summed E-state index contributed by atoms with van der Waals surface area (Å²) in [6, 6.07) is 7.95. The van der Waals surface area contributed by atoms with Gasteiger partial charge in [0.1, 0.15) is 0 Å². The predicted molar refractivity (Wildman–Crippen MR) is 115 cm³/mol. The van der Waals surface area contributed by atoms with Gasteiger partial charge in [0.25, 0.3) is 0 Å². The number of oxazole rings is 1. The van der Waals surface area contributed by atoms with Gasteiger partial charge in [0, 0.05) is 24.7 Å². The van der Waals surface area contributed by atoms with Gasteiger partial charge >= 0.3 is 5.76 Å². The quantitative estimate of drug-likeness (QED) is 0.522. The number of halogens is 1. The van der Waals surface area contributed by atoms with Crippen LogP contribution in [-0.4, -0.2) is 43.3 Å². The Morgan fingerprint density at radius 1 is 1.09 bits per heavy atom. The second kappa shape index (κ2) is 8.87. The van der Waals surface area contributed by atoms with E-state index >= 15 is 0 Å². The molecule has 2 aromatic carbocycles.